The Labute approximate surface area is 118 Å². The summed E-state index contributed by atoms with van der Waals surface area (Å²) in [6.45, 7) is 5.86. The lowest BCUT2D eigenvalue weighted by molar-refractivity contribution is -0.131. The molecule has 3 heterocycles. The third-order valence-electron chi connectivity index (χ3n) is 4.06. The van der Waals surface area contributed by atoms with Crippen LogP contribution in [0.25, 0.3) is 0 Å². The minimum Gasteiger partial charge on any atom is -0.337 e. The highest BCUT2D eigenvalue weighted by Crippen LogP contribution is 2.15. The van der Waals surface area contributed by atoms with Gasteiger partial charge in [0.2, 0.25) is 5.91 Å². The van der Waals surface area contributed by atoms with Crippen LogP contribution in [0.4, 0.5) is 0 Å². The SMILES string of the molecule is CN(Cc1nnc2n1CCC2)C(=O)CN1CCNCC1. The number of fused-ring (bicyclic) bond motifs is 1. The molecule has 0 unspecified atom stereocenters. The molecular weight excluding hydrogens is 256 g/mol. The summed E-state index contributed by atoms with van der Waals surface area (Å²) in [6, 6.07) is 0. The van der Waals surface area contributed by atoms with Crippen LogP contribution in [0.15, 0.2) is 0 Å². The van der Waals surface area contributed by atoms with Crippen molar-refractivity contribution in [3.05, 3.63) is 11.6 Å². The Kier molecular flexibility index (Phi) is 3.98. The Morgan fingerprint density at radius 2 is 2.10 bits per heavy atom. The molecule has 2 aliphatic heterocycles. The molecule has 1 aromatic rings. The van der Waals surface area contributed by atoms with Gasteiger partial charge < -0.3 is 14.8 Å². The van der Waals surface area contributed by atoms with Crippen LogP contribution in [0.5, 0.6) is 0 Å². The van der Waals surface area contributed by atoms with Crippen molar-refractivity contribution in [2.24, 2.45) is 0 Å². The van der Waals surface area contributed by atoms with Gasteiger partial charge in [0.25, 0.3) is 0 Å². The van der Waals surface area contributed by atoms with E-state index in [2.05, 4.69) is 25.0 Å². The molecule has 1 aromatic heterocycles. The van der Waals surface area contributed by atoms with Crippen LogP contribution >= 0.6 is 0 Å². The number of carbonyl (C=O) groups is 1. The number of likely N-dealkylation sites (N-methyl/N-ethyl adjacent to an activating group) is 1. The first-order valence-corrected chi connectivity index (χ1v) is 7.32. The summed E-state index contributed by atoms with van der Waals surface area (Å²) in [5.74, 6) is 2.12. The zero-order chi connectivity index (χ0) is 13.9. The fourth-order valence-electron chi connectivity index (χ4n) is 2.81. The van der Waals surface area contributed by atoms with Crippen molar-refractivity contribution >= 4 is 5.91 Å². The number of nitrogens with zero attached hydrogens (tertiary/aromatic N) is 5. The van der Waals surface area contributed by atoms with Gasteiger partial charge in [-0.3, -0.25) is 9.69 Å². The van der Waals surface area contributed by atoms with Crippen LogP contribution in [0.1, 0.15) is 18.1 Å². The molecule has 1 amide bonds. The number of hydrogen-bond acceptors (Lipinski definition) is 5. The van der Waals surface area contributed by atoms with Crippen molar-refractivity contribution < 1.29 is 4.79 Å². The summed E-state index contributed by atoms with van der Waals surface area (Å²) in [7, 11) is 1.85. The summed E-state index contributed by atoms with van der Waals surface area (Å²) in [5.41, 5.74) is 0. The van der Waals surface area contributed by atoms with Crippen molar-refractivity contribution in [3.8, 4) is 0 Å². The van der Waals surface area contributed by atoms with E-state index < -0.39 is 0 Å². The normalized spacial score (nSPS) is 19.1. The van der Waals surface area contributed by atoms with Crippen LogP contribution < -0.4 is 5.32 Å². The number of amides is 1. The van der Waals surface area contributed by atoms with Gasteiger partial charge in [-0.15, -0.1) is 10.2 Å². The van der Waals surface area contributed by atoms with Crippen molar-refractivity contribution in [1.82, 2.24) is 29.9 Å². The number of aryl methyl sites for hydroxylation is 1. The molecule has 110 valence electrons. The number of carbonyl (C=O) groups excluding carboxylic acids is 1. The van der Waals surface area contributed by atoms with E-state index in [1.807, 2.05) is 7.05 Å². The maximum Gasteiger partial charge on any atom is 0.236 e. The molecule has 20 heavy (non-hydrogen) atoms. The lowest BCUT2D eigenvalue weighted by Gasteiger charge is -2.28. The minimum atomic E-state index is 0.155. The van der Waals surface area contributed by atoms with Gasteiger partial charge in [0.05, 0.1) is 13.1 Å². The van der Waals surface area contributed by atoms with Gasteiger partial charge in [0.1, 0.15) is 5.82 Å². The average molecular weight is 278 g/mol. The largest absolute Gasteiger partial charge is 0.337 e. The van der Waals surface area contributed by atoms with Gasteiger partial charge in [-0.2, -0.15) is 0 Å². The second-order valence-corrected chi connectivity index (χ2v) is 5.56. The smallest absolute Gasteiger partial charge is 0.236 e. The molecule has 0 spiro atoms. The van der Waals surface area contributed by atoms with Gasteiger partial charge in [0, 0.05) is 46.2 Å². The van der Waals surface area contributed by atoms with E-state index in [0.717, 1.165) is 57.2 Å². The summed E-state index contributed by atoms with van der Waals surface area (Å²) >= 11 is 0. The highest BCUT2D eigenvalue weighted by molar-refractivity contribution is 5.77. The van der Waals surface area contributed by atoms with Crippen LogP contribution in [-0.2, 0) is 24.3 Å². The minimum absolute atomic E-state index is 0.155. The summed E-state index contributed by atoms with van der Waals surface area (Å²) in [6.07, 6.45) is 2.14. The average Bonchev–Trinajstić information content (AvgIpc) is 3.05. The lowest BCUT2D eigenvalue weighted by atomic mass is 10.3. The predicted molar refractivity (Wildman–Crippen MR) is 74.1 cm³/mol. The van der Waals surface area contributed by atoms with Crippen molar-refractivity contribution in [2.45, 2.75) is 25.9 Å². The van der Waals surface area contributed by atoms with E-state index in [-0.39, 0.29) is 5.91 Å². The molecule has 0 atom stereocenters. The molecule has 2 aliphatic rings. The Bertz CT molecular complexity index is 479. The maximum atomic E-state index is 12.2. The number of hydrogen-bond donors (Lipinski definition) is 1. The van der Waals surface area contributed by atoms with Crippen molar-refractivity contribution in [3.63, 3.8) is 0 Å². The number of rotatable bonds is 4. The van der Waals surface area contributed by atoms with E-state index in [1.165, 1.54) is 0 Å². The molecule has 7 nitrogen and oxygen atoms in total. The molecular formula is C13H22N6O. The third kappa shape index (κ3) is 2.83. The molecule has 0 radical (unpaired) electrons. The number of piperazine rings is 1. The first-order chi connectivity index (χ1) is 9.74. The molecule has 0 aromatic carbocycles. The van der Waals surface area contributed by atoms with Gasteiger partial charge in [-0.1, -0.05) is 0 Å². The first-order valence-electron chi connectivity index (χ1n) is 7.32. The van der Waals surface area contributed by atoms with E-state index in [0.29, 0.717) is 13.1 Å². The Morgan fingerprint density at radius 3 is 2.90 bits per heavy atom. The fraction of sp³-hybridized carbons (Fsp3) is 0.769. The number of aromatic nitrogens is 3. The molecule has 7 heteroatoms. The highest BCUT2D eigenvalue weighted by Gasteiger charge is 2.21. The Balaban J connectivity index is 1.55. The standard InChI is InChI=1S/C13H22N6O/c1-17(13(20)10-18-7-4-14-5-8-18)9-12-16-15-11-3-2-6-19(11)12/h14H,2-10H2,1H3. The molecule has 1 saturated heterocycles. The molecule has 1 fully saturated rings. The summed E-state index contributed by atoms with van der Waals surface area (Å²) < 4.78 is 2.15. The van der Waals surface area contributed by atoms with E-state index in [4.69, 9.17) is 0 Å². The molecule has 0 bridgehead atoms. The van der Waals surface area contributed by atoms with Gasteiger partial charge in [-0.05, 0) is 6.42 Å². The summed E-state index contributed by atoms with van der Waals surface area (Å²) in [5, 5.41) is 11.7. The molecule has 3 rings (SSSR count). The fourth-order valence-corrected chi connectivity index (χ4v) is 2.81. The van der Waals surface area contributed by atoms with Crippen LogP contribution in [-0.4, -0.2) is 70.2 Å². The van der Waals surface area contributed by atoms with E-state index in [9.17, 15) is 4.79 Å². The monoisotopic (exact) mass is 278 g/mol. The van der Waals surface area contributed by atoms with Gasteiger partial charge >= 0.3 is 0 Å². The molecule has 0 saturated carbocycles. The molecule has 0 aliphatic carbocycles. The topological polar surface area (TPSA) is 66.3 Å². The van der Waals surface area contributed by atoms with Crippen molar-refractivity contribution in [2.75, 3.05) is 39.8 Å². The van der Waals surface area contributed by atoms with Crippen LogP contribution in [0.2, 0.25) is 0 Å². The van der Waals surface area contributed by atoms with Crippen molar-refractivity contribution in [1.29, 1.82) is 0 Å². The quantitative estimate of drug-likeness (QED) is 0.772. The van der Waals surface area contributed by atoms with Gasteiger partial charge in [0.15, 0.2) is 5.82 Å². The second kappa shape index (κ2) is 5.88. The van der Waals surface area contributed by atoms with Gasteiger partial charge in [-0.25, -0.2) is 0 Å². The first kappa shape index (κ1) is 13.5. The zero-order valence-electron chi connectivity index (χ0n) is 12.0. The highest BCUT2D eigenvalue weighted by atomic mass is 16.2. The van der Waals surface area contributed by atoms with Crippen LogP contribution in [0, 0.1) is 0 Å². The second-order valence-electron chi connectivity index (χ2n) is 5.56. The molecule has 1 N–H and O–H groups in total. The third-order valence-corrected chi connectivity index (χ3v) is 4.06. The Morgan fingerprint density at radius 1 is 1.30 bits per heavy atom. The summed E-state index contributed by atoms with van der Waals surface area (Å²) in [4.78, 5) is 16.2. The lowest BCUT2D eigenvalue weighted by Crippen LogP contribution is -2.47. The van der Waals surface area contributed by atoms with E-state index in [1.54, 1.807) is 4.90 Å². The van der Waals surface area contributed by atoms with E-state index >= 15 is 0 Å². The number of nitrogens with one attached hydrogen (secondary N) is 1. The van der Waals surface area contributed by atoms with Crippen LogP contribution in [0.3, 0.4) is 0 Å². The maximum absolute atomic E-state index is 12.2. The zero-order valence-corrected chi connectivity index (χ0v) is 12.0. The predicted octanol–water partition coefficient (Wildman–Crippen LogP) is -0.912. The Hall–Kier alpha value is -1.47.